The van der Waals surface area contributed by atoms with Crippen LogP contribution in [-0.4, -0.2) is 11.5 Å². The highest BCUT2D eigenvalue weighted by molar-refractivity contribution is 6.31. The maximum absolute atomic E-state index is 11.1. The van der Waals surface area contributed by atoms with E-state index in [2.05, 4.69) is 10.5 Å². The Kier molecular flexibility index (Phi) is 5.50. The Balaban J connectivity index is 2.40. The fourth-order valence-corrected chi connectivity index (χ4v) is 2.20. The maximum atomic E-state index is 11.1. The van der Waals surface area contributed by atoms with E-state index in [4.69, 9.17) is 11.6 Å². The van der Waals surface area contributed by atoms with Gasteiger partial charge in [0.1, 0.15) is 0 Å². The van der Waals surface area contributed by atoms with Crippen LogP contribution in [0.1, 0.15) is 25.0 Å². The van der Waals surface area contributed by atoms with E-state index in [0.29, 0.717) is 10.7 Å². The van der Waals surface area contributed by atoms with Gasteiger partial charge in [-0.2, -0.15) is 5.10 Å². The first-order chi connectivity index (χ1) is 10.6. The molecule has 3 nitrogen and oxygen atoms in total. The van der Waals surface area contributed by atoms with Crippen molar-refractivity contribution < 1.29 is 4.79 Å². The largest absolute Gasteiger partial charge is 0.295 e. The molecule has 0 atom stereocenters. The number of hydrogen-bond donors (Lipinski definition) is 1. The molecule has 4 heteroatoms. The summed E-state index contributed by atoms with van der Waals surface area (Å²) < 4.78 is 0. The van der Waals surface area contributed by atoms with Gasteiger partial charge in [-0.25, -0.2) is 0 Å². The molecule has 0 aliphatic rings. The first-order valence-corrected chi connectivity index (χ1v) is 7.28. The summed E-state index contributed by atoms with van der Waals surface area (Å²) in [5.41, 5.74) is 6.23. The predicted molar refractivity (Wildman–Crippen MR) is 91.1 cm³/mol. The Morgan fingerprint density at radius 1 is 1.05 bits per heavy atom. The third-order valence-electron chi connectivity index (χ3n) is 2.91. The van der Waals surface area contributed by atoms with Crippen molar-refractivity contribution in [3.05, 3.63) is 82.5 Å². The van der Waals surface area contributed by atoms with Gasteiger partial charge in [0.05, 0.1) is 5.71 Å². The second kappa shape index (κ2) is 7.57. The smallest absolute Gasteiger partial charge is 0.154 e. The number of nitrogens with one attached hydrogen (secondary N) is 1. The Hall–Kier alpha value is -2.39. The second-order valence-corrected chi connectivity index (χ2v) is 5.32. The number of benzene rings is 2. The Morgan fingerprint density at radius 3 is 2.36 bits per heavy atom. The van der Waals surface area contributed by atoms with Gasteiger partial charge in [-0.3, -0.25) is 10.2 Å². The summed E-state index contributed by atoms with van der Waals surface area (Å²) in [4.78, 5) is 11.1. The van der Waals surface area contributed by atoms with E-state index in [1.54, 1.807) is 6.92 Å². The average molecular weight is 313 g/mol. The molecule has 2 aromatic rings. The molecule has 0 saturated heterocycles. The van der Waals surface area contributed by atoms with Gasteiger partial charge in [0.2, 0.25) is 0 Å². The number of allylic oxidation sites excluding steroid dienone is 2. The normalized spacial score (nSPS) is 12.1. The van der Waals surface area contributed by atoms with Crippen LogP contribution in [0.25, 0.3) is 0 Å². The summed E-state index contributed by atoms with van der Waals surface area (Å²) in [6.45, 7) is 3.30. The number of carbonyl (C=O) groups excluding carboxylic acids is 1. The molecular weight excluding hydrogens is 296 g/mol. The Bertz CT molecular complexity index is 721. The molecule has 0 unspecified atom stereocenters. The maximum Gasteiger partial charge on any atom is 0.154 e. The molecule has 0 aliphatic heterocycles. The van der Waals surface area contributed by atoms with Crippen molar-refractivity contribution >= 4 is 23.1 Å². The molecule has 0 radical (unpaired) electrons. The molecule has 2 aromatic carbocycles. The van der Waals surface area contributed by atoms with E-state index in [1.807, 2.05) is 54.6 Å². The molecule has 0 aromatic heterocycles. The lowest BCUT2D eigenvalue weighted by Gasteiger charge is -2.09. The van der Waals surface area contributed by atoms with Gasteiger partial charge >= 0.3 is 0 Å². The molecule has 0 spiro atoms. The van der Waals surface area contributed by atoms with Crippen molar-refractivity contribution in [3.8, 4) is 0 Å². The summed E-state index contributed by atoms with van der Waals surface area (Å²) in [6, 6.07) is 17.3. The number of carbonyl (C=O) groups is 1. The highest BCUT2D eigenvalue weighted by Crippen LogP contribution is 2.15. The quantitative estimate of drug-likeness (QED) is 0.511. The predicted octanol–water partition coefficient (Wildman–Crippen LogP) is 4.17. The third kappa shape index (κ3) is 4.57. The highest BCUT2D eigenvalue weighted by Gasteiger charge is 2.07. The van der Waals surface area contributed by atoms with Gasteiger partial charge in [-0.15, -0.1) is 0 Å². The molecule has 22 heavy (non-hydrogen) atoms. The number of hydrazone groups is 1. The van der Waals surface area contributed by atoms with E-state index in [0.717, 1.165) is 16.8 Å². The summed E-state index contributed by atoms with van der Waals surface area (Å²) >= 11 is 6.08. The summed E-state index contributed by atoms with van der Waals surface area (Å²) in [7, 11) is 0. The first-order valence-electron chi connectivity index (χ1n) is 6.90. The van der Waals surface area contributed by atoms with Crippen LogP contribution in [0.4, 0.5) is 0 Å². The van der Waals surface area contributed by atoms with Crippen molar-refractivity contribution in [1.29, 1.82) is 0 Å². The second-order valence-electron chi connectivity index (χ2n) is 4.89. The molecule has 1 N–H and O–H groups in total. The average Bonchev–Trinajstić information content (AvgIpc) is 2.48. The Labute approximate surface area is 135 Å². The number of halogens is 1. The van der Waals surface area contributed by atoms with Crippen molar-refractivity contribution in [2.24, 2.45) is 5.10 Å². The van der Waals surface area contributed by atoms with Crippen LogP contribution in [0.15, 0.2) is 71.5 Å². The minimum atomic E-state index is -0.0239. The van der Waals surface area contributed by atoms with E-state index >= 15 is 0 Å². The molecule has 0 fully saturated rings. The number of ketones is 1. The van der Waals surface area contributed by atoms with Gasteiger partial charge in [0.15, 0.2) is 5.78 Å². The highest BCUT2D eigenvalue weighted by atomic mass is 35.5. The summed E-state index contributed by atoms with van der Waals surface area (Å²) in [5, 5.41) is 5.10. The molecule has 0 aliphatic carbocycles. The van der Waals surface area contributed by atoms with E-state index in [9.17, 15) is 4.79 Å². The topological polar surface area (TPSA) is 41.5 Å². The van der Waals surface area contributed by atoms with Gasteiger partial charge < -0.3 is 0 Å². The Morgan fingerprint density at radius 2 is 1.73 bits per heavy atom. The first kappa shape index (κ1) is 16.0. The standard InChI is InChI=1S/C18H17ClN2O/c1-13(11-14(2)22)20-21-18(15-7-4-3-5-8-15)16-9-6-10-17(19)12-16/h3-12,20H,1-2H3/b13-11+,21-18+. The fraction of sp³-hybridized carbons (Fsp3) is 0.111. The molecule has 0 saturated carbocycles. The summed E-state index contributed by atoms with van der Waals surface area (Å²) in [6.07, 6.45) is 1.50. The lowest BCUT2D eigenvalue weighted by molar-refractivity contribution is -0.112. The van der Waals surface area contributed by atoms with Crippen molar-refractivity contribution in [3.63, 3.8) is 0 Å². The summed E-state index contributed by atoms with van der Waals surface area (Å²) in [5.74, 6) is -0.0239. The zero-order valence-electron chi connectivity index (χ0n) is 12.5. The van der Waals surface area contributed by atoms with Crippen LogP contribution in [0, 0.1) is 0 Å². The van der Waals surface area contributed by atoms with Crippen LogP contribution in [-0.2, 0) is 4.79 Å². The zero-order chi connectivity index (χ0) is 15.9. The SMILES string of the molecule is CC(=O)/C=C(\C)N/N=C(\c1ccccc1)c1cccc(Cl)c1. The number of nitrogens with zero attached hydrogens (tertiary/aromatic N) is 1. The van der Waals surface area contributed by atoms with Crippen molar-refractivity contribution in [2.75, 3.05) is 0 Å². The molecule has 0 amide bonds. The minimum Gasteiger partial charge on any atom is -0.295 e. The fourth-order valence-electron chi connectivity index (χ4n) is 2.01. The van der Waals surface area contributed by atoms with Crippen LogP contribution >= 0.6 is 11.6 Å². The number of rotatable bonds is 5. The molecular formula is C18H17ClN2O. The minimum absolute atomic E-state index is 0.0239. The lowest BCUT2D eigenvalue weighted by atomic mass is 10.0. The van der Waals surface area contributed by atoms with Gasteiger partial charge in [0.25, 0.3) is 0 Å². The molecule has 0 bridgehead atoms. The van der Waals surface area contributed by atoms with Gasteiger partial charge in [0, 0.05) is 27.9 Å². The van der Waals surface area contributed by atoms with Crippen molar-refractivity contribution in [2.45, 2.75) is 13.8 Å². The monoisotopic (exact) mass is 312 g/mol. The van der Waals surface area contributed by atoms with Crippen LogP contribution < -0.4 is 5.43 Å². The van der Waals surface area contributed by atoms with E-state index < -0.39 is 0 Å². The lowest BCUT2D eigenvalue weighted by Crippen LogP contribution is -2.12. The van der Waals surface area contributed by atoms with Gasteiger partial charge in [-0.05, 0) is 26.0 Å². The molecule has 112 valence electrons. The van der Waals surface area contributed by atoms with Crippen LogP contribution in [0.2, 0.25) is 5.02 Å². The van der Waals surface area contributed by atoms with Crippen LogP contribution in [0.5, 0.6) is 0 Å². The zero-order valence-corrected chi connectivity index (χ0v) is 13.3. The van der Waals surface area contributed by atoms with Crippen LogP contribution in [0.3, 0.4) is 0 Å². The third-order valence-corrected chi connectivity index (χ3v) is 3.14. The van der Waals surface area contributed by atoms with Gasteiger partial charge in [-0.1, -0.05) is 54.1 Å². The van der Waals surface area contributed by atoms with E-state index in [-0.39, 0.29) is 5.78 Å². The van der Waals surface area contributed by atoms with Crippen molar-refractivity contribution in [1.82, 2.24) is 5.43 Å². The number of hydrogen-bond acceptors (Lipinski definition) is 3. The molecule has 2 rings (SSSR count). The molecule has 0 heterocycles. The van der Waals surface area contributed by atoms with E-state index in [1.165, 1.54) is 13.0 Å².